The van der Waals surface area contributed by atoms with Crippen LogP contribution in [0.3, 0.4) is 0 Å². The fourth-order valence-electron chi connectivity index (χ4n) is 3.98. The molecule has 4 rings (SSSR count). The van der Waals surface area contributed by atoms with Crippen molar-refractivity contribution in [2.45, 2.75) is 19.8 Å². The molecule has 3 aromatic carbocycles. The number of aromatic nitrogens is 1. The number of hydrogen-bond acceptors (Lipinski definition) is 3. The Balaban J connectivity index is 1.62. The molecule has 0 saturated carbocycles. The lowest BCUT2D eigenvalue weighted by Gasteiger charge is -2.09. The molecule has 4 aromatic rings. The van der Waals surface area contributed by atoms with E-state index in [1.165, 1.54) is 0 Å². The number of carboxylic acid groups (broad SMARTS) is 1. The normalized spacial score (nSPS) is 10.8. The molecule has 6 heteroatoms. The summed E-state index contributed by atoms with van der Waals surface area (Å²) in [6.45, 7) is 2.37. The first kappa shape index (κ1) is 21.5. The number of aromatic carboxylic acids is 1. The molecule has 2 N–H and O–H groups in total. The highest BCUT2D eigenvalue weighted by Gasteiger charge is 2.19. The summed E-state index contributed by atoms with van der Waals surface area (Å²) < 4.78 is 5.76. The number of nitrogens with zero attached hydrogens (tertiary/aromatic N) is 1. The summed E-state index contributed by atoms with van der Waals surface area (Å²) in [7, 11) is 0. The Morgan fingerprint density at radius 3 is 2.59 bits per heavy atom. The maximum atomic E-state index is 12.0. The van der Waals surface area contributed by atoms with Gasteiger partial charge >= 0.3 is 5.97 Å². The number of rotatable bonds is 7. The van der Waals surface area contributed by atoms with E-state index in [2.05, 4.69) is 11.1 Å². The molecule has 0 atom stereocenters. The number of aromatic amines is 1. The molecule has 0 spiro atoms. The van der Waals surface area contributed by atoms with Gasteiger partial charge in [0.1, 0.15) is 23.1 Å². The predicted octanol–water partition coefficient (Wildman–Crippen LogP) is 6.38. The van der Waals surface area contributed by atoms with Crippen LogP contribution in [0.25, 0.3) is 22.0 Å². The predicted molar refractivity (Wildman–Crippen MR) is 125 cm³/mol. The van der Waals surface area contributed by atoms with Crippen LogP contribution in [0.1, 0.15) is 33.6 Å². The molecule has 32 heavy (non-hydrogen) atoms. The second-order valence-corrected chi connectivity index (χ2v) is 7.91. The first-order valence-electron chi connectivity index (χ1n) is 10.3. The summed E-state index contributed by atoms with van der Waals surface area (Å²) in [4.78, 5) is 15.1. The monoisotopic (exact) mass is 444 g/mol. The van der Waals surface area contributed by atoms with Gasteiger partial charge in [0.05, 0.1) is 17.1 Å². The smallest absolute Gasteiger partial charge is 0.352 e. The van der Waals surface area contributed by atoms with Crippen molar-refractivity contribution in [3.8, 4) is 22.9 Å². The first-order valence-corrected chi connectivity index (χ1v) is 10.6. The number of nitrogens with one attached hydrogen (secondary N) is 1. The maximum Gasteiger partial charge on any atom is 0.352 e. The highest BCUT2D eigenvalue weighted by Crippen LogP contribution is 2.34. The van der Waals surface area contributed by atoms with E-state index in [4.69, 9.17) is 16.3 Å². The lowest BCUT2D eigenvalue weighted by atomic mass is 9.97. The number of aryl methyl sites for hydroxylation is 2. The maximum absolute atomic E-state index is 12.0. The highest BCUT2D eigenvalue weighted by molar-refractivity contribution is 6.31. The van der Waals surface area contributed by atoms with Crippen molar-refractivity contribution in [3.63, 3.8) is 0 Å². The van der Waals surface area contributed by atoms with Crippen molar-refractivity contribution in [2.75, 3.05) is 6.61 Å². The van der Waals surface area contributed by atoms with Gasteiger partial charge in [-0.1, -0.05) is 60.1 Å². The third kappa shape index (κ3) is 4.05. The van der Waals surface area contributed by atoms with Gasteiger partial charge in [-0.3, -0.25) is 0 Å². The van der Waals surface area contributed by atoms with Crippen molar-refractivity contribution in [2.24, 2.45) is 0 Å². The van der Waals surface area contributed by atoms with Gasteiger partial charge in [0, 0.05) is 10.9 Å². The minimum atomic E-state index is -0.991. The van der Waals surface area contributed by atoms with E-state index in [1.54, 1.807) is 18.2 Å². The molecule has 0 unspecified atom stereocenters. The number of benzene rings is 3. The molecule has 0 radical (unpaired) electrons. The molecule has 0 amide bonds. The van der Waals surface area contributed by atoms with E-state index in [1.807, 2.05) is 49.4 Å². The molecule has 0 saturated heterocycles. The van der Waals surface area contributed by atoms with E-state index in [-0.39, 0.29) is 5.69 Å². The standard InChI is InChI=1S/C26H21ClN2O3/c1-16-7-2-3-8-17(16)18-9-4-10-19-20(25(26(30)31)29-24(18)19)11-6-14-32-23-13-5-12-22(27)21(23)15-28/h2-5,7-10,12-13,29H,6,11,14H2,1H3,(H,30,31). The SMILES string of the molecule is Cc1ccccc1-c1cccc2c(CCCOc3cccc(Cl)c3C#N)c(C(=O)O)[nH]c12. The Kier molecular flexibility index (Phi) is 6.16. The summed E-state index contributed by atoms with van der Waals surface area (Å²) in [5.41, 5.74) is 5.22. The first-order chi connectivity index (χ1) is 15.5. The zero-order chi connectivity index (χ0) is 22.7. The number of H-pyrrole nitrogens is 1. The van der Waals surface area contributed by atoms with Crippen LogP contribution in [0.2, 0.25) is 5.02 Å². The second-order valence-electron chi connectivity index (χ2n) is 7.50. The molecule has 160 valence electrons. The van der Waals surface area contributed by atoms with Crippen molar-refractivity contribution in [3.05, 3.63) is 88.1 Å². The molecule has 0 bridgehead atoms. The number of hydrogen-bond donors (Lipinski definition) is 2. The van der Waals surface area contributed by atoms with Gasteiger partial charge in [-0.2, -0.15) is 5.26 Å². The summed E-state index contributed by atoms with van der Waals surface area (Å²) >= 11 is 6.05. The summed E-state index contributed by atoms with van der Waals surface area (Å²) in [6.07, 6.45) is 1.10. The molecule has 0 aliphatic carbocycles. The zero-order valence-corrected chi connectivity index (χ0v) is 18.2. The van der Waals surface area contributed by atoms with E-state index in [9.17, 15) is 15.2 Å². The molecule has 5 nitrogen and oxygen atoms in total. The fraction of sp³-hybridized carbons (Fsp3) is 0.154. The van der Waals surface area contributed by atoms with Crippen molar-refractivity contribution in [1.29, 1.82) is 5.26 Å². The number of para-hydroxylation sites is 1. The lowest BCUT2D eigenvalue weighted by Crippen LogP contribution is -2.05. The number of nitriles is 1. The van der Waals surface area contributed by atoms with Crippen LogP contribution < -0.4 is 4.74 Å². The lowest BCUT2D eigenvalue weighted by molar-refractivity contribution is 0.0690. The van der Waals surface area contributed by atoms with Crippen LogP contribution in [0.5, 0.6) is 5.75 Å². The van der Waals surface area contributed by atoms with Crippen LogP contribution in [-0.2, 0) is 6.42 Å². The van der Waals surface area contributed by atoms with Crippen LogP contribution in [0.15, 0.2) is 60.7 Å². The molecule has 0 fully saturated rings. The van der Waals surface area contributed by atoms with Crippen LogP contribution in [0, 0.1) is 18.3 Å². The molecular weight excluding hydrogens is 424 g/mol. The van der Waals surface area contributed by atoms with Gasteiger partial charge < -0.3 is 14.8 Å². The second kappa shape index (κ2) is 9.17. The van der Waals surface area contributed by atoms with Gasteiger partial charge in [-0.25, -0.2) is 4.79 Å². The largest absolute Gasteiger partial charge is 0.492 e. The molecular formula is C26H21ClN2O3. The topological polar surface area (TPSA) is 86.1 Å². The van der Waals surface area contributed by atoms with Crippen molar-refractivity contribution < 1.29 is 14.6 Å². The average Bonchev–Trinajstić information content (AvgIpc) is 3.16. The van der Waals surface area contributed by atoms with E-state index in [0.29, 0.717) is 35.8 Å². The van der Waals surface area contributed by atoms with E-state index < -0.39 is 5.97 Å². The molecule has 0 aliphatic rings. The van der Waals surface area contributed by atoms with Gasteiger partial charge in [-0.05, 0) is 48.6 Å². The third-order valence-corrected chi connectivity index (χ3v) is 5.82. The summed E-state index contributed by atoms with van der Waals surface area (Å²) in [6, 6.07) is 21.1. The third-order valence-electron chi connectivity index (χ3n) is 5.51. The Morgan fingerprint density at radius 2 is 1.84 bits per heavy atom. The Bertz CT molecular complexity index is 1350. The van der Waals surface area contributed by atoms with Crippen LogP contribution >= 0.6 is 11.6 Å². The van der Waals surface area contributed by atoms with Gasteiger partial charge in [0.15, 0.2) is 0 Å². The van der Waals surface area contributed by atoms with Gasteiger partial charge in [-0.15, -0.1) is 0 Å². The zero-order valence-electron chi connectivity index (χ0n) is 17.5. The number of ether oxygens (including phenoxy) is 1. The number of fused-ring (bicyclic) bond motifs is 1. The summed E-state index contributed by atoms with van der Waals surface area (Å²) in [5, 5.41) is 20.3. The van der Waals surface area contributed by atoms with Crippen LogP contribution in [0.4, 0.5) is 0 Å². The number of halogens is 1. The van der Waals surface area contributed by atoms with E-state index in [0.717, 1.165) is 33.2 Å². The number of carboxylic acids is 1. The van der Waals surface area contributed by atoms with Crippen LogP contribution in [-0.4, -0.2) is 22.7 Å². The number of carbonyl (C=O) groups is 1. The minimum Gasteiger partial charge on any atom is -0.492 e. The average molecular weight is 445 g/mol. The molecule has 1 heterocycles. The van der Waals surface area contributed by atoms with Crippen molar-refractivity contribution >= 4 is 28.5 Å². The molecule has 1 aromatic heterocycles. The quantitative estimate of drug-likeness (QED) is 0.324. The Labute approximate surface area is 190 Å². The Hall–Kier alpha value is -3.75. The van der Waals surface area contributed by atoms with Gasteiger partial charge in [0.25, 0.3) is 0 Å². The Morgan fingerprint density at radius 1 is 1.09 bits per heavy atom. The molecule has 0 aliphatic heterocycles. The summed E-state index contributed by atoms with van der Waals surface area (Å²) in [5.74, 6) is -0.561. The minimum absolute atomic E-state index is 0.196. The van der Waals surface area contributed by atoms with E-state index >= 15 is 0 Å². The fourth-order valence-corrected chi connectivity index (χ4v) is 4.19. The highest BCUT2D eigenvalue weighted by atomic mass is 35.5. The van der Waals surface area contributed by atoms with Gasteiger partial charge in [0.2, 0.25) is 0 Å². The van der Waals surface area contributed by atoms with Crippen molar-refractivity contribution in [1.82, 2.24) is 4.98 Å².